The van der Waals surface area contributed by atoms with Gasteiger partial charge in [-0.1, -0.05) is 18.2 Å². The molecule has 50 heavy (non-hydrogen) atoms. The number of rotatable bonds is 12. The minimum atomic E-state index is -4.65. The zero-order valence-electron chi connectivity index (χ0n) is 28.3. The van der Waals surface area contributed by atoms with Crippen molar-refractivity contribution in [2.24, 2.45) is 9.98 Å². The van der Waals surface area contributed by atoms with Crippen molar-refractivity contribution in [3.63, 3.8) is 0 Å². The van der Waals surface area contributed by atoms with E-state index in [1.165, 1.54) is 39.6 Å². The molecule has 1 aliphatic rings. The third-order valence-corrected chi connectivity index (χ3v) is 10.4. The summed E-state index contributed by atoms with van der Waals surface area (Å²) < 4.78 is 111. The summed E-state index contributed by atoms with van der Waals surface area (Å²) in [5.41, 5.74) is -0.291. The van der Waals surface area contributed by atoms with Gasteiger partial charge in [-0.15, -0.1) is 0 Å². The summed E-state index contributed by atoms with van der Waals surface area (Å²) in [6, 6.07) is 10.7. The van der Waals surface area contributed by atoms with Crippen LogP contribution in [0.5, 0.6) is 11.5 Å². The van der Waals surface area contributed by atoms with E-state index in [2.05, 4.69) is 22.0 Å². The van der Waals surface area contributed by atoms with Crippen LogP contribution in [0.15, 0.2) is 81.8 Å². The van der Waals surface area contributed by atoms with E-state index in [0.717, 1.165) is 28.6 Å². The van der Waals surface area contributed by atoms with Crippen molar-refractivity contribution in [3.05, 3.63) is 95.2 Å². The summed E-state index contributed by atoms with van der Waals surface area (Å²) in [6.07, 6.45) is -0.672. The molecule has 3 atom stereocenters. The number of benzene rings is 3. The molecule has 0 spiro atoms. The molecule has 0 aromatic heterocycles. The summed E-state index contributed by atoms with van der Waals surface area (Å²) in [7, 11) is 3.15. The van der Waals surface area contributed by atoms with Crippen LogP contribution in [0.3, 0.4) is 0 Å². The number of nitrogens with one attached hydrogen (secondary N) is 1. The molecule has 3 aromatic carbocycles. The van der Waals surface area contributed by atoms with E-state index in [1.54, 1.807) is 38.4 Å². The third kappa shape index (κ3) is 8.62. The molecule has 0 amide bonds. The maximum absolute atomic E-state index is 15.8. The molecule has 0 radical (unpaired) electrons. The van der Waals surface area contributed by atoms with E-state index in [9.17, 15) is 21.6 Å². The van der Waals surface area contributed by atoms with Gasteiger partial charge in [0.15, 0.2) is 11.6 Å². The average Bonchev–Trinajstić information content (AvgIpc) is 3.09. The maximum Gasteiger partial charge on any atom is 0.416 e. The molecule has 15 heteroatoms. The van der Waals surface area contributed by atoms with Crippen LogP contribution in [0.4, 0.5) is 27.6 Å². The monoisotopic (exact) mass is 721 g/mol. The van der Waals surface area contributed by atoms with Gasteiger partial charge in [-0.3, -0.25) is 9.98 Å². The lowest BCUT2D eigenvalue weighted by atomic mass is 9.78. The van der Waals surface area contributed by atoms with Gasteiger partial charge in [0.05, 0.1) is 31.2 Å². The second-order valence-corrected chi connectivity index (χ2v) is 13.8. The van der Waals surface area contributed by atoms with Crippen LogP contribution in [-0.2, 0) is 22.7 Å². The van der Waals surface area contributed by atoms with E-state index in [-0.39, 0.29) is 24.3 Å². The molecule has 0 heterocycles. The largest absolute Gasteiger partial charge is 0.497 e. The molecule has 0 unspecified atom stereocenters. The highest BCUT2D eigenvalue weighted by molar-refractivity contribution is 7.89. The molecule has 1 fully saturated rings. The summed E-state index contributed by atoms with van der Waals surface area (Å²) in [4.78, 5) is 8.89. The number of sulfonamides is 1. The Kier molecular flexibility index (Phi) is 12.3. The molecule has 1 N–H and O–H groups in total. The minimum absolute atomic E-state index is 0.0929. The highest BCUT2D eigenvalue weighted by atomic mass is 32.2. The van der Waals surface area contributed by atoms with Crippen molar-refractivity contribution in [2.75, 3.05) is 40.7 Å². The number of hydrogen-bond acceptors (Lipinski definition) is 8. The summed E-state index contributed by atoms with van der Waals surface area (Å²) in [5.74, 6) is -1.80. The van der Waals surface area contributed by atoms with Gasteiger partial charge in [0.2, 0.25) is 0 Å². The van der Waals surface area contributed by atoms with E-state index in [1.807, 2.05) is 4.90 Å². The van der Waals surface area contributed by atoms with E-state index < -0.39 is 50.0 Å². The Balaban J connectivity index is 1.65. The van der Waals surface area contributed by atoms with Crippen LogP contribution in [0, 0.1) is 11.6 Å². The van der Waals surface area contributed by atoms with Crippen LogP contribution in [-0.4, -0.2) is 77.6 Å². The normalized spacial score (nSPS) is 18.7. The fraction of sp³-hybridized carbons (Fsp3) is 0.371. The first-order chi connectivity index (χ1) is 23.6. The van der Waals surface area contributed by atoms with Crippen LogP contribution in [0.1, 0.15) is 41.9 Å². The van der Waals surface area contributed by atoms with E-state index in [4.69, 9.17) is 9.47 Å². The number of methoxy groups -OCH3 is 2. The number of aliphatic imine (C=N–C) groups is 2. The fourth-order valence-corrected chi connectivity index (χ4v) is 7.58. The van der Waals surface area contributed by atoms with Gasteiger partial charge < -0.3 is 19.7 Å². The lowest BCUT2D eigenvalue weighted by molar-refractivity contribution is -0.137. The number of likely N-dealkylation sites (N-methyl/N-ethyl adjacent to an activating group) is 1. The number of nitrogens with zero attached hydrogens (tertiary/aromatic N) is 4. The number of hydrogen-bond donors (Lipinski definition) is 1. The Morgan fingerprint density at radius 1 is 1.04 bits per heavy atom. The molecule has 0 bridgehead atoms. The SMILES string of the molecule is C=N/C=C\C(=N/C)N(Cc1ccc(OC)cc1OC)S(=O)(=O)c1cc(F)c(N[C@H]2CC[C@H](c3cccc(C(F)(F)F)c3)C[C@@H]2N(C)C)c(F)c1. The first kappa shape index (κ1) is 38.3. The summed E-state index contributed by atoms with van der Waals surface area (Å²) in [5, 5.41) is 2.93. The van der Waals surface area contributed by atoms with Crippen molar-refractivity contribution in [3.8, 4) is 11.5 Å². The Labute approximate surface area is 289 Å². The third-order valence-electron chi connectivity index (χ3n) is 8.72. The van der Waals surface area contributed by atoms with Gasteiger partial charge in [0.1, 0.15) is 23.0 Å². The van der Waals surface area contributed by atoms with Crippen molar-refractivity contribution in [1.29, 1.82) is 0 Å². The molecule has 9 nitrogen and oxygen atoms in total. The lowest BCUT2D eigenvalue weighted by Gasteiger charge is -2.41. The predicted molar refractivity (Wildman–Crippen MR) is 184 cm³/mol. The average molecular weight is 722 g/mol. The highest BCUT2D eigenvalue weighted by Crippen LogP contribution is 2.39. The first-order valence-electron chi connectivity index (χ1n) is 15.6. The van der Waals surface area contributed by atoms with Crippen molar-refractivity contribution < 1.29 is 39.8 Å². The molecular formula is C35H40F5N5O4S. The smallest absolute Gasteiger partial charge is 0.416 e. The van der Waals surface area contributed by atoms with E-state index >= 15 is 8.78 Å². The number of alkyl halides is 3. The molecular weight excluding hydrogens is 681 g/mol. The number of amidine groups is 1. The zero-order chi connectivity index (χ0) is 36.8. The molecule has 1 saturated carbocycles. The molecule has 3 aromatic rings. The van der Waals surface area contributed by atoms with Crippen LogP contribution >= 0.6 is 0 Å². The molecule has 0 aliphatic heterocycles. The van der Waals surface area contributed by atoms with Crippen molar-refractivity contribution in [1.82, 2.24) is 9.21 Å². The van der Waals surface area contributed by atoms with Gasteiger partial charge in [-0.25, -0.2) is 21.5 Å². The van der Waals surface area contributed by atoms with Crippen molar-refractivity contribution >= 4 is 28.3 Å². The summed E-state index contributed by atoms with van der Waals surface area (Å²) in [6.45, 7) is 3.04. The van der Waals surface area contributed by atoms with Crippen LogP contribution in [0.25, 0.3) is 0 Å². The molecule has 270 valence electrons. The number of halogens is 5. The van der Waals surface area contributed by atoms with Crippen LogP contribution < -0.4 is 14.8 Å². The Bertz CT molecular complexity index is 1830. The standard InChI is InChI=1S/C35H40F5N5O4S/c1-41-15-14-33(42-2)45(21-24-10-12-26(48-5)18-32(24)49-6)50(46,47)27-19-28(36)34(29(37)20-27)43-30-13-11-23(17-31(30)44(3)4)22-8-7-9-25(16-22)35(38,39)40/h7-10,12,14-16,18-20,23,30-31,43H,1,11,13,17,21H2,2-6H3/b15-14-,42-33+/t23-,30-,31-/m0/s1. The second-order valence-electron chi connectivity index (χ2n) is 11.9. The van der Waals surface area contributed by atoms with E-state index in [0.29, 0.717) is 41.9 Å². The predicted octanol–water partition coefficient (Wildman–Crippen LogP) is 7.11. The van der Waals surface area contributed by atoms with Crippen molar-refractivity contribution in [2.45, 2.75) is 54.9 Å². The molecule has 1 aliphatic carbocycles. The van der Waals surface area contributed by atoms with Gasteiger partial charge in [-0.2, -0.15) is 13.2 Å². The lowest BCUT2D eigenvalue weighted by Crippen LogP contribution is -2.47. The second kappa shape index (κ2) is 16.0. The number of anilines is 1. The van der Waals surface area contributed by atoms with Gasteiger partial charge in [0.25, 0.3) is 10.0 Å². The maximum atomic E-state index is 15.8. The molecule has 0 saturated heterocycles. The Hall–Kier alpha value is -4.50. The number of ether oxygens (including phenoxy) is 2. The van der Waals surface area contributed by atoms with Gasteiger partial charge in [0, 0.05) is 37.0 Å². The minimum Gasteiger partial charge on any atom is -0.497 e. The first-order valence-corrected chi connectivity index (χ1v) is 17.0. The summed E-state index contributed by atoms with van der Waals surface area (Å²) >= 11 is 0. The quantitative estimate of drug-likeness (QED) is 0.122. The zero-order valence-corrected chi connectivity index (χ0v) is 29.2. The topological polar surface area (TPSA) is 95.8 Å². The Morgan fingerprint density at radius 3 is 2.32 bits per heavy atom. The van der Waals surface area contributed by atoms with Gasteiger partial charge in [-0.05, 0) is 88.0 Å². The van der Waals surface area contributed by atoms with Crippen LogP contribution in [0.2, 0.25) is 0 Å². The Morgan fingerprint density at radius 2 is 1.74 bits per heavy atom. The fourth-order valence-electron chi connectivity index (χ4n) is 6.12. The van der Waals surface area contributed by atoms with Gasteiger partial charge >= 0.3 is 6.18 Å². The molecule has 4 rings (SSSR count). The highest BCUT2D eigenvalue weighted by Gasteiger charge is 2.36.